The van der Waals surface area contributed by atoms with E-state index < -0.39 is 5.97 Å². The van der Waals surface area contributed by atoms with E-state index >= 15 is 0 Å². The summed E-state index contributed by atoms with van der Waals surface area (Å²) in [6.45, 7) is 0.697. The summed E-state index contributed by atoms with van der Waals surface area (Å²) < 4.78 is 0. The molecule has 0 aliphatic rings. The van der Waals surface area contributed by atoms with Crippen molar-refractivity contribution in [1.29, 1.82) is 0 Å². The van der Waals surface area contributed by atoms with Crippen molar-refractivity contribution in [1.82, 2.24) is 0 Å². The topological polar surface area (TPSA) is 63.3 Å². The van der Waals surface area contributed by atoms with Crippen molar-refractivity contribution in [2.45, 2.75) is 12.2 Å². The standard InChI is InChI=1S/C9H13NO2S2/c10-3-1-4-13-6-7-2-5-14-8(7)9(11)12/h2,5H,1,3-4,6,10H2,(H,11,12). The van der Waals surface area contributed by atoms with Crippen molar-refractivity contribution in [3.8, 4) is 0 Å². The molecular formula is C9H13NO2S2. The second-order valence-corrected chi connectivity index (χ2v) is 4.80. The first-order valence-electron chi connectivity index (χ1n) is 4.33. The highest BCUT2D eigenvalue weighted by Gasteiger charge is 2.10. The van der Waals surface area contributed by atoms with Crippen molar-refractivity contribution < 1.29 is 9.90 Å². The monoisotopic (exact) mass is 231 g/mol. The van der Waals surface area contributed by atoms with Crippen LogP contribution in [0.2, 0.25) is 0 Å². The summed E-state index contributed by atoms with van der Waals surface area (Å²) in [6.07, 6.45) is 0.983. The molecule has 1 rings (SSSR count). The lowest BCUT2D eigenvalue weighted by atomic mass is 10.3. The van der Waals surface area contributed by atoms with E-state index in [-0.39, 0.29) is 0 Å². The number of thioether (sulfide) groups is 1. The number of hydrogen-bond donors (Lipinski definition) is 2. The quantitative estimate of drug-likeness (QED) is 0.735. The Morgan fingerprint density at radius 1 is 1.64 bits per heavy atom. The van der Waals surface area contributed by atoms with Gasteiger partial charge in [-0.2, -0.15) is 11.8 Å². The van der Waals surface area contributed by atoms with Gasteiger partial charge in [-0.3, -0.25) is 0 Å². The zero-order chi connectivity index (χ0) is 10.4. The average molecular weight is 231 g/mol. The van der Waals surface area contributed by atoms with Crippen LogP contribution in [-0.4, -0.2) is 23.4 Å². The van der Waals surface area contributed by atoms with Crippen LogP contribution in [0.1, 0.15) is 21.7 Å². The average Bonchev–Trinajstić information content (AvgIpc) is 2.60. The van der Waals surface area contributed by atoms with Crippen LogP contribution in [0.3, 0.4) is 0 Å². The van der Waals surface area contributed by atoms with Gasteiger partial charge in [0.15, 0.2) is 0 Å². The molecule has 5 heteroatoms. The van der Waals surface area contributed by atoms with E-state index in [0.717, 1.165) is 23.5 Å². The number of thiophene rings is 1. The number of aromatic carboxylic acids is 1. The number of carboxylic acids is 1. The zero-order valence-electron chi connectivity index (χ0n) is 7.73. The molecule has 0 aliphatic heterocycles. The Hall–Kier alpha value is -0.520. The van der Waals surface area contributed by atoms with Gasteiger partial charge in [0, 0.05) is 5.75 Å². The summed E-state index contributed by atoms with van der Waals surface area (Å²) in [5.74, 6) is 0.936. The van der Waals surface area contributed by atoms with Crippen molar-refractivity contribution in [3.05, 3.63) is 21.9 Å². The highest BCUT2D eigenvalue weighted by atomic mass is 32.2. The number of carboxylic acid groups (broad SMARTS) is 1. The molecule has 0 fully saturated rings. The molecule has 0 radical (unpaired) electrons. The summed E-state index contributed by atoms with van der Waals surface area (Å²) in [5, 5.41) is 10.7. The zero-order valence-corrected chi connectivity index (χ0v) is 9.37. The van der Waals surface area contributed by atoms with Crippen LogP contribution in [0, 0.1) is 0 Å². The first-order chi connectivity index (χ1) is 6.75. The lowest BCUT2D eigenvalue weighted by molar-refractivity contribution is 0.0701. The maximum atomic E-state index is 10.8. The van der Waals surface area contributed by atoms with E-state index in [9.17, 15) is 4.79 Å². The number of hydrogen-bond acceptors (Lipinski definition) is 4. The summed E-state index contributed by atoms with van der Waals surface area (Å²) >= 11 is 3.01. The molecule has 0 bridgehead atoms. The number of rotatable bonds is 6. The molecule has 1 heterocycles. The summed E-state index contributed by atoms with van der Waals surface area (Å²) in [5.41, 5.74) is 6.28. The van der Waals surface area contributed by atoms with E-state index in [2.05, 4.69) is 0 Å². The fraction of sp³-hybridized carbons (Fsp3) is 0.444. The maximum Gasteiger partial charge on any atom is 0.346 e. The van der Waals surface area contributed by atoms with Crippen molar-refractivity contribution >= 4 is 29.1 Å². The van der Waals surface area contributed by atoms with Crippen LogP contribution in [0.5, 0.6) is 0 Å². The highest BCUT2D eigenvalue weighted by molar-refractivity contribution is 7.98. The van der Waals surface area contributed by atoms with Crippen LogP contribution in [0.4, 0.5) is 0 Å². The van der Waals surface area contributed by atoms with Gasteiger partial charge >= 0.3 is 5.97 Å². The minimum absolute atomic E-state index is 0.463. The van der Waals surface area contributed by atoms with Gasteiger partial charge in [0.2, 0.25) is 0 Å². The van der Waals surface area contributed by atoms with Crippen molar-refractivity contribution in [3.63, 3.8) is 0 Å². The van der Waals surface area contributed by atoms with Gasteiger partial charge in [-0.15, -0.1) is 11.3 Å². The highest BCUT2D eigenvalue weighted by Crippen LogP contribution is 2.22. The van der Waals surface area contributed by atoms with Gasteiger partial charge in [-0.25, -0.2) is 4.79 Å². The lowest BCUT2D eigenvalue weighted by Crippen LogP contribution is -2.00. The fourth-order valence-corrected chi connectivity index (χ4v) is 2.83. The van der Waals surface area contributed by atoms with E-state index in [4.69, 9.17) is 10.8 Å². The molecule has 3 nitrogen and oxygen atoms in total. The summed E-state index contributed by atoms with van der Waals surface area (Å²) in [4.78, 5) is 11.2. The Bertz CT molecular complexity index is 299. The molecule has 0 aromatic carbocycles. The fourth-order valence-electron chi connectivity index (χ4n) is 1.00. The molecule has 0 spiro atoms. The Labute approximate surface area is 91.3 Å². The maximum absolute atomic E-state index is 10.8. The molecule has 0 amide bonds. The smallest absolute Gasteiger partial charge is 0.346 e. The SMILES string of the molecule is NCCCSCc1ccsc1C(=O)O. The van der Waals surface area contributed by atoms with E-state index in [1.54, 1.807) is 11.8 Å². The van der Waals surface area contributed by atoms with Gasteiger partial charge in [0.1, 0.15) is 4.88 Å². The predicted octanol–water partition coefficient (Wildman–Crippen LogP) is 2.03. The Morgan fingerprint density at radius 3 is 3.07 bits per heavy atom. The molecular weight excluding hydrogens is 218 g/mol. The second-order valence-electron chi connectivity index (χ2n) is 2.77. The van der Waals surface area contributed by atoms with Gasteiger partial charge in [0.05, 0.1) is 0 Å². The van der Waals surface area contributed by atoms with Gasteiger partial charge in [0.25, 0.3) is 0 Å². The molecule has 0 unspecified atom stereocenters. The third-order valence-corrected chi connectivity index (χ3v) is 3.73. The third-order valence-electron chi connectivity index (χ3n) is 1.69. The van der Waals surface area contributed by atoms with Crippen molar-refractivity contribution in [2.75, 3.05) is 12.3 Å². The minimum atomic E-state index is -0.825. The molecule has 14 heavy (non-hydrogen) atoms. The van der Waals surface area contributed by atoms with Crippen LogP contribution >= 0.6 is 23.1 Å². The Balaban J connectivity index is 2.42. The second kappa shape index (κ2) is 6.06. The largest absolute Gasteiger partial charge is 0.477 e. The molecule has 0 atom stereocenters. The van der Waals surface area contributed by atoms with E-state index in [1.807, 2.05) is 11.4 Å². The number of nitrogens with two attached hydrogens (primary N) is 1. The first-order valence-corrected chi connectivity index (χ1v) is 6.36. The molecule has 0 saturated heterocycles. The third kappa shape index (κ3) is 3.32. The molecule has 0 aliphatic carbocycles. The van der Waals surface area contributed by atoms with Crippen molar-refractivity contribution in [2.24, 2.45) is 5.73 Å². The number of carbonyl (C=O) groups is 1. The van der Waals surface area contributed by atoms with E-state index in [0.29, 0.717) is 11.4 Å². The Morgan fingerprint density at radius 2 is 2.43 bits per heavy atom. The van der Waals surface area contributed by atoms with Crippen LogP contribution in [-0.2, 0) is 5.75 Å². The predicted molar refractivity (Wildman–Crippen MR) is 61.1 cm³/mol. The summed E-state index contributed by atoms with van der Waals surface area (Å²) in [6, 6.07) is 1.88. The van der Waals surface area contributed by atoms with Gasteiger partial charge < -0.3 is 10.8 Å². The Kier molecular flexibility index (Phi) is 5.00. The van der Waals surface area contributed by atoms with Gasteiger partial charge in [-0.1, -0.05) is 0 Å². The first kappa shape index (κ1) is 11.6. The molecule has 0 saturated carbocycles. The summed E-state index contributed by atoms with van der Waals surface area (Å²) in [7, 11) is 0. The minimum Gasteiger partial charge on any atom is -0.477 e. The molecule has 1 aromatic heterocycles. The van der Waals surface area contributed by atoms with Crippen LogP contribution in [0.15, 0.2) is 11.4 Å². The molecule has 1 aromatic rings. The van der Waals surface area contributed by atoms with Crippen LogP contribution in [0.25, 0.3) is 0 Å². The van der Waals surface area contributed by atoms with E-state index in [1.165, 1.54) is 11.3 Å². The lowest BCUT2D eigenvalue weighted by Gasteiger charge is -1.99. The normalized spacial score (nSPS) is 10.4. The van der Waals surface area contributed by atoms with Crippen LogP contribution < -0.4 is 5.73 Å². The van der Waals surface area contributed by atoms with Gasteiger partial charge in [-0.05, 0) is 35.7 Å². The molecule has 3 N–H and O–H groups in total. The molecule has 78 valence electrons.